The molecule has 1 aromatic carbocycles. The first kappa shape index (κ1) is 13.1. The summed E-state index contributed by atoms with van der Waals surface area (Å²) in [7, 11) is 0. The number of hydrogen-bond acceptors (Lipinski definition) is 2. The van der Waals surface area contributed by atoms with Crippen LogP contribution in [0.3, 0.4) is 0 Å². The zero-order valence-electron chi connectivity index (χ0n) is 10.8. The molecule has 0 aliphatic carbocycles. The number of ether oxygens (including phenoxy) is 2. The van der Waals surface area contributed by atoms with Gasteiger partial charge < -0.3 is 9.47 Å². The van der Waals surface area contributed by atoms with Gasteiger partial charge in [-0.15, -0.1) is 0 Å². The van der Waals surface area contributed by atoms with E-state index in [-0.39, 0.29) is 5.41 Å². The van der Waals surface area contributed by atoms with Gasteiger partial charge in [-0.2, -0.15) is 0 Å². The number of benzene rings is 1. The number of hydrogen-bond donors (Lipinski definition) is 0. The van der Waals surface area contributed by atoms with Crippen LogP contribution in [-0.4, -0.2) is 13.2 Å². The van der Waals surface area contributed by atoms with Crippen molar-refractivity contribution in [2.24, 2.45) is 0 Å². The maximum Gasteiger partial charge on any atom is 0.193 e. The Kier molecular flexibility index (Phi) is 3.36. The lowest BCUT2D eigenvalue weighted by Gasteiger charge is -2.27. The van der Waals surface area contributed by atoms with Crippen LogP contribution in [0.4, 0.5) is 0 Å². The molecule has 1 heterocycles. The van der Waals surface area contributed by atoms with Gasteiger partial charge in [0, 0.05) is 10.0 Å². The van der Waals surface area contributed by atoms with Crippen LogP contribution in [0.5, 0.6) is 0 Å². The smallest absolute Gasteiger partial charge is 0.193 e. The van der Waals surface area contributed by atoms with Gasteiger partial charge in [0.15, 0.2) is 5.79 Å². The molecule has 94 valence electrons. The van der Waals surface area contributed by atoms with Gasteiger partial charge in [-0.25, -0.2) is 0 Å². The van der Waals surface area contributed by atoms with Crippen molar-refractivity contribution >= 4 is 15.9 Å². The highest BCUT2D eigenvalue weighted by Gasteiger charge is 2.35. The molecular formula is C14H19BrO2. The van der Waals surface area contributed by atoms with E-state index < -0.39 is 5.79 Å². The second-order valence-electron chi connectivity index (χ2n) is 5.59. The predicted octanol–water partition coefficient (Wildman–Crippen LogP) is 3.97. The van der Waals surface area contributed by atoms with E-state index in [1.54, 1.807) is 0 Å². The van der Waals surface area contributed by atoms with Crippen molar-refractivity contribution in [3.05, 3.63) is 33.8 Å². The van der Waals surface area contributed by atoms with E-state index in [2.05, 4.69) is 54.9 Å². The quantitative estimate of drug-likeness (QED) is 0.781. The zero-order valence-corrected chi connectivity index (χ0v) is 12.4. The summed E-state index contributed by atoms with van der Waals surface area (Å²) in [4.78, 5) is 0. The molecule has 0 spiro atoms. The van der Waals surface area contributed by atoms with Crippen LogP contribution in [0.2, 0.25) is 0 Å². The van der Waals surface area contributed by atoms with Crippen molar-refractivity contribution in [2.75, 3.05) is 13.2 Å². The minimum atomic E-state index is -0.611. The topological polar surface area (TPSA) is 18.5 Å². The summed E-state index contributed by atoms with van der Waals surface area (Å²) in [5.41, 5.74) is 2.49. The summed E-state index contributed by atoms with van der Waals surface area (Å²) in [5, 5.41) is 0. The average Bonchev–Trinajstić information content (AvgIpc) is 2.65. The lowest BCUT2D eigenvalue weighted by atomic mass is 9.85. The maximum atomic E-state index is 5.72. The van der Waals surface area contributed by atoms with Crippen LogP contribution in [0, 0.1) is 0 Å². The van der Waals surface area contributed by atoms with Gasteiger partial charge in [0.2, 0.25) is 0 Å². The van der Waals surface area contributed by atoms with Crippen molar-refractivity contribution in [2.45, 2.75) is 38.9 Å². The molecule has 3 heteroatoms. The van der Waals surface area contributed by atoms with E-state index in [1.165, 1.54) is 5.56 Å². The Morgan fingerprint density at radius 1 is 1.18 bits per heavy atom. The summed E-state index contributed by atoms with van der Waals surface area (Å²) in [6.07, 6.45) is 0. The van der Waals surface area contributed by atoms with Gasteiger partial charge in [-0.3, -0.25) is 0 Å². The summed E-state index contributed by atoms with van der Waals surface area (Å²) in [5.74, 6) is -0.611. The molecule has 1 aliphatic heterocycles. The van der Waals surface area contributed by atoms with E-state index in [9.17, 15) is 0 Å². The van der Waals surface area contributed by atoms with Crippen molar-refractivity contribution < 1.29 is 9.47 Å². The first-order valence-corrected chi connectivity index (χ1v) is 6.71. The maximum absolute atomic E-state index is 5.72. The SMILES string of the molecule is CC(C)(C)c1ccc(Br)c(C2(C)OCCO2)c1. The number of halogens is 1. The summed E-state index contributed by atoms with van der Waals surface area (Å²) in [6, 6.07) is 6.40. The first-order chi connectivity index (χ1) is 7.83. The lowest BCUT2D eigenvalue weighted by Crippen LogP contribution is -2.24. The number of rotatable bonds is 1. The van der Waals surface area contributed by atoms with Crippen LogP contribution in [0.15, 0.2) is 22.7 Å². The highest BCUT2D eigenvalue weighted by atomic mass is 79.9. The van der Waals surface area contributed by atoms with Crippen LogP contribution in [0.1, 0.15) is 38.8 Å². The lowest BCUT2D eigenvalue weighted by molar-refractivity contribution is -0.150. The van der Waals surface area contributed by atoms with Crippen molar-refractivity contribution in [1.82, 2.24) is 0 Å². The van der Waals surface area contributed by atoms with E-state index >= 15 is 0 Å². The molecule has 1 fully saturated rings. The molecule has 0 saturated carbocycles. The van der Waals surface area contributed by atoms with Gasteiger partial charge in [0.05, 0.1) is 13.2 Å². The molecule has 17 heavy (non-hydrogen) atoms. The molecule has 0 bridgehead atoms. The Bertz CT molecular complexity index is 415. The standard InChI is InChI=1S/C14H19BrO2/c1-13(2,3)10-5-6-12(15)11(9-10)14(4)16-7-8-17-14/h5-6,9H,7-8H2,1-4H3. The molecule has 0 amide bonds. The Morgan fingerprint density at radius 2 is 1.76 bits per heavy atom. The third-order valence-electron chi connectivity index (χ3n) is 3.16. The fraction of sp³-hybridized carbons (Fsp3) is 0.571. The van der Waals surface area contributed by atoms with E-state index in [4.69, 9.17) is 9.47 Å². The molecule has 0 radical (unpaired) electrons. The van der Waals surface area contributed by atoms with Crippen LogP contribution in [0.25, 0.3) is 0 Å². The molecule has 1 aliphatic rings. The first-order valence-electron chi connectivity index (χ1n) is 5.91. The molecule has 2 nitrogen and oxygen atoms in total. The highest BCUT2D eigenvalue weighted by Crippen LogP contribution is 2.38. The highest BCUT2D eigenvalue weighted by molar-refractivity contribution is 9.10. The third kappa shape index (κ3) is 2.56. The molecule has 0 N–H and O–H groups in total. The van der Waals surface area contributed by atoms with Crippen molar-refractivity contribution in [3.8, 4) is 0 Å². The minimum absolute atomic E-state index is 0.129. The van der Waals surface area contributed by atoms with Gasteiger partial charge in [0.25, 0.3) is 0 Å². The van der Waals surface area contributed by atoms with Crippen LogP contribution < -0.4 is 0 Å². The van der Waals surface area contributed by atoms with E-state index in [0.29, 0.717) is 13.2 Å². The average molecular weight is 299 g/mol. The fourth-order valence-electron chi connectivity index (χ4n) is 2.01. The van der Waals surface area contributed by atoms with Gasteiger partial charge >= 0.3 is 0 Å². The second-order valence-corrected chi connectivity index (χ2v) is 6.44. The molecule has 0 unspecified atom stereocenters. The van der Waals surface area contributed by atoms with Crippen LogP contribution >= 0.6 is 15.9 Å². The van der Waals surface area contributed by atoms with Gasteiger partial charge in [0.1, 0.15) is 0 Å². The van der Waals surface area contributed by atoms with Gasteiger partial charge in [-0.1, -0.05) is 42.8 Å². The summed E-state index contributed by atoms with van der Waals surface area (Å²) >= 11 is 3.58. The van der Waals surface area contributed by atoms with Crippen LogP contribution in [-0.2, 0) is 20.7 Å². The molecule has 1 aromatic rings. The van der Waals surface area contributed by atoms with Crippen molar-refractivity contribution in [3.63, 3.8) is 0 Å². The largest absolute Gasteiger partial charge is 0.344 e. The Hall–Kier alpha value is -0.380. The Labute approximate surface area is 111 Å². The normalized spacial score (nSPS) is 19.6. The molecular weight excluding hydrogens is 280 g/mol. The predicted molar refractivity (Wildman–Crippen MR) is 72.1 cm³/mol. The Balaban J connectivity index is 2.46. The minimum Gasteiger partial charge on any atom is -0.344 e. The van der Waals surface area contributed by atoms with E-state index in [0.717, 1.165) is 10.0 Å². The third-order valence-corrected chi connectivity index (χ3v) is 3.85. The molecule has 0 atom stereocenters. The molecule has 2 rings (SSSR count). The van der Waals surface area contributed by atoms with E-state index in [1.807, 2.05) is 6.92 Å². The Morgan fingerprint density at radius 3 is 2.29 bits per heavy atom. The monoisotopic (exact) mass is 298 g/mol. The summed E-state index contributed by atoms with van der Waals surface area (Å²) < 4.78 is 12.5. The molecule has 1 saturated heterocycles. The summed E-state index contributed by atoms with van der Waals surface area (Å²) in [6.45, 7) is 9.91. The fourth-order valence-corrected chi connectivity index (χ4v) is 2.62. The van der Waals surface area contributed by atoms with Crippen molar-refractivity contribution in [1.29, 1.82) is 0 Å². The van der Waals surface area contributed by atoms with Gasteiger partial charge in [-0.05, 0) is 30.0 Å². The second kappa shape index (κ2) is 4.38. The zero-order chi connectivity index (χ0) is 12.7. The molecule has 0 aromatic heterocycles.